The van der Waals surface area contributed by atoms with Gasteiger partial charge in [-0.1, -0.05) is 11.8 Å². The number of sulfone groups is 1. The van der Waals surface area contributed by atoms with Gasteiger partial charge in [0.05, 0.1) is 11.1 Å². The molecule has 0 fully saturated rings. The maximum atomic E-state index is 12.7. The van der Waals surface area contributed by atoms with Gasteiger partial charge in [-0.05, 0) is 49.4 Å². The summed E-state index contributed by atoms with van der Waals surface area (Å²) in [4.78, 5) is 25.9. The molecule has 0 aliphatic heterocycles. The molecule has 1 atom stereocenters. The summed E-state index contributed by atoms with van der Waals surface area (Å²) in [5.74, 6) is -0.176. The number of aryl methyl sites for hydroxylation is 1. The van der Waals surface area contributed by atoms with E-state index >= 15 is 0 Å². The molecule has 1 unspecified atom stereocenters. The Morgan fingerprint density at radius 1 is 1.39 bits per heavy atom. The number of aromatic nitrogens is 3. The highest BCUT2D eigenvalue weighted by atomic mass is 32.2. The van der Waals surface area contributed by atoms with Gasteiger partial charge in [0, 0.05) is 46.8 Å². The van der Waals surface area contributed by atoms with E-state index in [1.807, 2.05) is 12.1 Å². The number of nitrogens with one attached hydrogen (secondary N) is 3. The Bertz CT molecular complexity index is 1320. The molecular weight excluding hydrogens is 460 g/mol. The maximum Gasteiger partial charge on any atom is 0.223 e. The molecule has 2 heterocycles. The smallest absolute Gasteiger partial charge is 0.223 e. The highest BCUT2D eigenvalue weighted by Gasteiger charge is 2.29. The number of fused-ring (bicyclic) bond motifs is 3. The molecule has 4 rings (SSSR count). The van der Waals surface area contributed by atoms with Crippen LogP contribution in [0.25, 0.3) is 11.0 Å². The summed E-state index contributed by atoms with van der Waals surface area (Å²) >= 11 is 1.47. The molecule has 1 aromatic carbocycles. The fourth-order valence-electron chi connectivity index (χ4n) is 4.06. The number of hydrogen-bond donors (Lipinski definition) is 4. The predicted molar refractivity (Wildman–Crippen MR) is 130 cm³/mol. The van der Waals surface area contributed by atoms with Crippen LogP contribution in [0.2, 0.25) is 0 Å². The van der Waals surface area contributed by atoms with Gasteiger partial charge in [0.15, 0.2) is 0 Å². The van der Waals surface area contributed by atoms with Crippen molar-refractivity contribution in [3.8, 4) is 0 Å². The summed E-state index contributed by atoms with van der Waals surface area (Å²) in [6.07, 6.45) is 6.37. The SMILES string of the molecule is CS(=O)(=O)CCCNC(=O)C1CCc2[nH]c3ncnc(Sc4ccc(N)c(C=N)c4)c3c2C1. The number of carbonyl (C=O) groups is 1. The second-order valence-electron chi connectivity index (χ2n) is 8.24. The molecule has 0 bridgehead atoms. The van der Waals surface area contributed by atoms with Crippen LogP contribution in [-0.2, 0) is 27.5 Å². The van der Waals surface area contributed by atoms with E-state index in [1.54, 1.807) is 6.07 Å². The molecule has 33 heavy (non-hydrogen) atoms. The number of H-pyrrole nitrogens is 1. The number of aromatic amines is 1. The Hall–Kier alpha value is -2.92. The lowest BCUT2D eigenvalue weighted by molar-refractivity contribution is -0.125. The van der Waals surface area contributed by atoms with Crippen molar-refractivity contribution in [2.45, 2.75) is 35.6 Å². The van der Waals surface area contributed by atoms with Crippen molar-refractivity contribution in [3.05, 3.63) is 41.3 Å². The first kappa shape index (κ1) is 23.2. The lowest BCUT2D eigenvalue weighted by atomic mass is 9.86. The van der Waals surface area contributed by atoms with Crippen LogP contribution >= 0.6 is 11.8 Å². The molecule has 1 aliphatic carbocycles. The molecule has 1 aliphatic rings. The highest BCUT2D eigenvalue weighted by molar-refractivity contribution is 7.99. The molecule has 174 valence electrons. The number of nitrogen functional groups attached to an aromatic ring is 1. The standard InChI is InChI=1S/C22H26N6O3S2/c1-33(30,31)8-2-7-25-21(29)13-3-6-18-16(10-13)19-20(28-18)26-12-27-22(19)32-15-4-5-17(24)14(9-15)11-23/h4-5,9,11-13,23H,2-3,6-8,10,24H2,1H3,(H,25,29)(H,26,27,28). The van der Waals surface area contributed by atoms with Gasteiger partial charge in [0.2, 0.25) is 5.91 Å². The van der Waals surface area contributed by atoms with Crippen molar-refractivity contribution in [2.75, 3.05) is 24.3 Å². The van der Waals surface area contributed by atoms with Crippen LogP contribution in [0.3, 0.4) is 0 Å². The number of nitrogens with zero attached hydrogens (tertiary/aromatic N) is 2. The fourth-order valence-corrected chi connectivity index (χ4v) is 5.69. The third kappa shape index (κ3) is 5.36. The molecule has 0 spiro atoms. The van der Waals surface area contributed by atoms with E-state index in [2.05, 4.69) is 20.3 Å². The number of amides is 1. The fraction of sp³-hybridized carbons (Fsp3) is 0.364. The first-order valence-electron chi connectivity index (χ1n) is 10.6. The molecule has 9 nitrogen and oxygen atoms in total. The number of hydrogen-bond acceptors (Lipinski definition) is 8. The zero-order chi connectivity index (χ0) is 23.6. The van der Waals surface area contributed by atoms with E-state index in [-0.39, 0.29) is 17.6 Å². The van der Waals surface area contributed by atoms with Crippen molar-refractivity contribution < 1.29 is 13.2 Å². The Labute approximate surface area is 196 Å². The monoisotopic (exact) mass is 486 g/mol. The van der Waals surface area contributed by atoms with Crippen molar-refractivity contribution in [2.24, 2.45) is 5.92 Å². The summed E-state index contributed by atoms with van der Waals surface area (Å²) in [5, 5.41) is 12.1. The number of carbonyl (C=O) groups excluding carboxylic acids is 1. The van der Waals surface area contributed by atoms with Crippen molar-refractivity contribution >= 4 is 50.4 Å². The molecule has 3 aromatic rings. The summed E-state index contributed by atoms with van der Waals surface area (Å²) in [7, 11) is -3.03. The van der Waals surface area contributed by atoms with Crippen LogP contribution in [-0.4, -0.2) is 54.0 Å². The molecule has 0 radical (unpaired) electrons. The van der Waals surface area contributed by atoms with Gasteiger partial charge in [-0.3, -0.25) is 4.79 Å². The van der Waals surface area contributed by atoms with E-state index in [9.17, 15) is 13.2 Å². The summed E-state index contributed by atoms with van der Waals surface area (Å²) in [5.41, 5.74) is 9.98. The zero-order valence-electron chi connectivity index (χ0n) is 18.2. The molecule has 11 heteroatoms. The summed E-state index contributed by atoms with van der Waals surface area (Å²) < 4.78 is 22.6. The minimum Gasteiger partial charge on any atom is -0.398 e. The Kier molecular flexibility index (Phi) is 6.71. The van der Waals surface area contributed by atoms with Crippen LogP contribution in [0.5, 0.6) is 0 Å². The topological polar surface area (TPSA) is 155 Å². The zero-order valence-corrected chi connectivity index (χ0v) is 19.9. The van der Waals surface area contributed by atoms with E-state index in [0.29, 0.717) is 37.1 Å². The van der Waals surface area contributed by atoms with Gasteiger partial charge in [-0.2, -0.15) is 0 Å². The van der Waals surface area contributed by atoms with Gasteiger partial charge < -0.3 is 21.4 Å². The van der Waals surface area contributed by atoms with Crippen LogP contribution in [0.15, 0.2) is 34.4 Å². The second kappa shape index (κ2) is 9.52. The normalized spacial score (nSPS) is 15.8. The summed E-state index contributed by atoms with van der Waals surface area (Å²) in [6, 6.07) is 5.53. The minimum atomic E-state index is -3.03. The molecule has 2 aromatic heterocycles. The van der Waals surface area contributed by atoms with Gasteiger partial charge in [-0.25, -0.2) is 18.4 Å². The quantitative estimate of drug-likeness (QED) is 0.165. The highest BCUT2D eigenvalue weighted by Crippen LogP contribution is 2.38. The Morgan fingerprint density at radius 2 is 2.21 bits per heavy atom. The second-order valence-corrected chi connectivity index (χ2v) is 11.6. The van der Waals surface area contributed by atoms with E-state index in [4.69, 9.17) is 11.1 Å². The number of nitrogens with two attached hydrogens (primary N) is 1. The van der Waals surface area contributed by atoms with E-state index in [0.717, 1.165) is 38.6 Å². The number of rotatable bonds is 8. The van der Waals surface area contributed by atoms with Crippen molar-refractivity contribution in [3.63, 3.8) is 0 Å². The van der Waals surface area contributed by atoms with E-state index in [1.165, 1.54) is 30.6 Å². The van der Waals surface area contributed by atoms with Crippen LogP contribution in [0.1, 0.15) is 29.7 Å². The van der Waals surface area contributed by atoms with Gasteiger partial charge in [0.25, 0.3) is 0 Å². The molecule has 0 saturated heterocycles. The maximum absolute atomic E-state index is 12.7. The first-order valence-corrected chi connectivity index (χ1v) is 13.5. The largest absolute Gasteiger partial charge is 0.398 e. The lowest BCUT2D eigenvalue weighted by Gasteiger charge is -2.22. The van der Waals surface area contributed by atoms with E-state index < -0.39 is 9.84 Å². The van der Waals surface area contributed by atoms with Crippen LogP contribution < -0.4 is 11.1 Å². The number of benzene rings is 1. The molecule has 0 saturated carbocycles. The van der Waals surface area contributed by atoms with Crippen molar-refractivity contribution in [1.82, 2.24) is 20.3 Å². The predicted octanol–water partition coefficient (Wildman–Crippen LogP) is 2.34. The third-order valence-corrected chi connectivity index (χ3v) is 7.75. The minimum absolute atomic E-state index is 0.0521. The first-order chi connectivity index (χ1) is 15.7. The average molecular weight is 487 g/mol. The van der Waals surface area contributed by atoms with Crippen molar-refractivity contribution in [1.29, 1.82) is 5.41 Å². The Balaban J connectivity index is 1.54. The summed E-state index contributed by atoms with van der Waals surface area (Å²) in [6.45, 7) is 0.347. The average Bonchev–Trinajstić information content (AvgIpc) is 3.16. The lowest BCUT2D eigenvalue weighted by Crippen LogP contribution is -2.35. The van der Waals surface area contributed by atoms with Gasteiger partial charge in [-0.15, -0.1) is 0 Å². The van der Waals surface area contributed by atoms with Crippen LogP contribution in [0.4, 0.5) is 5.69 Å². The Morgan fingerprint density at radius 3 is 2.97 bits per heavy atom. The van der Waals surface area contributed by atoms with Gasteiger partial charge in [0.1, 0.15) is 26.8 Å². The number of anilines is 1. The van der Waals surface area contributed by atoms with Crippen LogP contribution in [0, 0.1) is 11.3 Å². The molecule has 5 N–H and O–H groups in total. The third-order valence-electron chi connectivity index (χ3n) is 5.73. The van der Waals surface area contributed by atoms with Gasteiger partial charge >= 0.3 is 0 Å². The molecular formula is C22H26N6O3S2. The molecule has 1 amide bonds.